The summed E-state index contributed by atoms with van der Waals surface area (Å²) in [6.07, 6.45) is 1.41. The van der Waals surface area contributed by atoms with E-state index in [1.54, 1.807) is 13.8 Å². The molecule has 0 saturated carbocycles. The maximum atomic E-state index is 12.0. The van der Waals surface area contributed by atoms with Crippen molar-refractivity contribution in [2.75, 3.05) is 11.9 Å². The molecule has 0 aliphatic rings. The summed E-state index contributed by atoms with van der Waals surface area (Å²) in [6.45, 7) is 7.77. The molecule has 19 heavy (non-hydrogen) atoms. The van der Waals surface area contributed by atoms with Crippen LogP contribution in [0.25, 0.3) is 11.1 Å². The third kappa shape index (κ3) is 2.52. The SMILES string of the molecule is CCOC(=O)c1c(C)oc2ncnc(NC(C)C)c12. The van der Waals surface area contributed by atoms with Crippen LogP contribution in [0.4, 0.5) is 5.82 Å². The van der Waals surface area contributed by atoms with E-state index in [9.17, 15) is 4.79 Å². The molecule has 0 aliphatic heterocycles. The van der Waals surface area contributed by atoms with Gasteiger partial charge in [0.15, 0.2) is 0 Å². The number of nitrogens with zero attached hydrogens (tertiary/aromatic N) is 2. The standard InChI is InChI=1S/C13H17N3O3/c1-5-18-13(17)9-8(4)19-12-10(9)11(14-6-15-12)16-7(2)3/h6-7H,5H2,1-4H3,(H,14,15,16). The summed E-state index contributed by atoms with van der Waals surface area (Å²) >= 11 is 0. The van der Waals surface area contributed by atoms with Crippen LogP contribution in [-0.4, -0.2) is 28.6 Å². The second-order valence-electron chi connectivity index (χ2n) is 4.46. The normalized spacial score (nSPS) is 11.0. The molecule has 0 atom stereocenters. The van der Waals surface area contributed by atoms with Gasteiger partial charge in [-0.15, -0.1) is 0 Å². The Kier molecular flexibility index (Phi) is 3.69. The minimum Gasteiger partial charge on any atom is -0.462 e. The fraction of sp³-hybridized carbons (Fsp3) is 0.462. The molecule has 6 nitrogen and oxygen atoms in total. The highest BCUT2D eigenvalue weighted by molar-refractivity contribution is 6.07. The van der Waals surface area contributed by atoms with E-state index in [0.717, 1.165) is 0 Å². The molecular formula is C13H17N3O3. The van der Waals surface area contributed by atoms with Crippen LogP contribution in [0.3, 0.4) is 0 Å². The molecule has 0 spiro atoms. The number of esters is 1. The van der Waals surface area contributed by atoms with Gasteiger partial charge in [-0.3, -0.25) is 0 Å². The molecule has 0 fully saturated rings. The number of furan rings is 1. The molecule has 1 N–H and O–H groups in total. The smallest absolute Gasteiger partial charge is 0.342 e. The molecule has 6 heteroatoms. The summed E-state index contributed by atoms with van der Waals surface area (Å²) in [4.78, 5) is 20.2. The molecule has 2 aromatic rings. The Labute approximate surface area is 111 Å². The molecule has 2 heterocycles. The van der Waals surface area contributed by atoms with Gasteiger partial charge in [-0.05, 0) is 27.7 Å². The van der Waals surface area contributed by atoms with Crippen LogP contribution in [0.2, 0.25) is 0 Å². The summed E-state index contributed by atoms with van der Waals surface area (Å²) < 4.78 is 10.5. The van der Waals surface area contributed by atoms with Gasteiger partial charge in [0.1, 0.15) is 23.5 Å². The highest BCUT2D eigenvalue weighted by Gasteiger charge is 2.23. The Morgan fingerprint density at radius 2 is 2.21 bits per heavy atom. The van der Waals surface area contributed by atoms with Crippen molar-refractivity contribution in [2.24, 2.45) is 0 Å². The van der Waals surface area contributed by atoms with Crippen molar-refractivity contribution in [3.8, 4) is 0 Å². The van der Waals surface area contributed by atoms with Crippen LogP contribution in [0.15, 0.2) is 10.7 Å². The molecule has 0 radical (unpaired) electrons. The van der Waals surface area contributed by atoms with Gasteiger partial charge in [-0.1, -0.05) is 0 Å². The Morgan fingerprint density at radius 3 is 2.84 bits per heavy atom. The molecule has 0 amide bonds. The minimum absolute atomic E-state index is 0.184. The molecule has 0 bridgehead atoms. The quantitative estimate of drug-likeness (QED) is 0.854. The Bertz CT molecular complexity index is 604. The highest BCUT2D eigenvalue weighted by Crippen LogP contribution is 2.29. The van der Waals surface area contributed by atoms with Gasteiger partial charge in [0, 0.05) is 6.04 Å². The lowest BCUT2D eigenvalue weighted by atomic mass is 10.2. The number of rotatable bonds is 4. The van der Waals surface area contributed by atoms with Crippen molar-refractivity contribution >= 4 is 22.9 Å². The fourth-order valence-electron chi connectivity index (χ4n) is 1.88. The third-order valence-corrected chi connectivity index (χ3v) is 2.57. The number of hydrogen-bond acceptors (Lipinski definition) is 6. The number of nitrogens with one attached hydrogen (secondary N) is 1. The van der Waals surface area contributed by atoms with E-state index < -0.39 is 5.97 Å². The topological polar surface area (TPSA) is 77.2 Å². The Morgan fingerprint density at radius 1 is 1.47 bits per heavy atom. The number of hydrogen-bond donors (Lipinski definition) is 1. The number of anilines is 1. The lowest BCUT2D eigenvalue weighted by Crippen LogP contribution is -2.13. The highest BCUT2D eigenvalue weighted by atomic mass is 16.5. The zero-order valence-corrected chi connectivity index (χ0v) is 11.5. The summed E-state index contributed by atoms with van der Waals surface area (Å²) in [5, 5.41) is 3.76. The van der Waals surface area contributed by atoms with Crippen LogP contribution < -0.4 is 5.32 Å². The Hall–Kier alpha value is -2.11. The van der Waals surface area contributed by atoms with Gasteiger partial charge in [-0.25, -0.2) is 14.8 Å². The largest absolute Gasteiger partial charge is 0.462 e. The number of aryl methyl sites for hydroxylation is 1. The van der Waals surface area contributed by atoms with E-state index in [1.165, 1.54) is 6.33 Å². The summed E-state index contributed by atoms with van der Waals surface area (Å²) in [7, 11) is 0. The first-order chi connectivity index (χ1) is 9.04. The molecule has 0 aromatic carbocycles. The van der Waals surface area contributed by atoms with E-state index >= 15 is 0 Å². The van der Waals surface area contributed by atoms with E-state index in [2.05, 4.69) is 15.3 Å². The molecule has 0 aliphatic carbocycles. The van der Waals surface area contributed by atoms with Gasteiger partial charge in [0.2, 0.25) is 5.71 Å². The van der Waals surface area contributed by atoms with Crippen molar-refractivity contribution in [3.05, 3.63) is 17.7 Å². The van der Waals surface area contributed by atoms with Crippen molar-refractivity contribution in [2.45, 2.75) is 33.7 Å². The van der Waals surface area contributed by atoms with Crippen LogP contribution in [0.1, 0.15) is 36.9 Å². The average Bonchev–Trinajstić information content (AvgIpc) is 2.66. The summed E-state index contributed by atoms with van der Waals surface area (Å²) in [5.41, 5.74) is 0.777. The predicted molar refractivity (Wildman–Crippen MR) is 71.3 cm³/mol. The molecule has 0 unspecified atom stereocenters. The van der Waals surface area contributed by atoms with Crippen LogP contribution in [0, 0.1) is 6.92 Å². The van der Waals surface area contributed by atoms with Crippen molar-refractivity contribution in [1.29, 1.82) is 0 Å². The number of aromatic nitrogens is 2. The zero-order chi connectivity index (χ0) is 14.0. The van der Waals surface area contributed by atoms with Crippen molar-refractivity contribution in [3.63, 3.8) is 0 Å². The lowest BCUT2D eigenvalue weighted by molar-refractivity contribution is 0.0526. The van der Waals surface area contributed by atoms with Gasteiger partial charge in [0.05, 0.1) is 12.0 Å². The first-order valence-electron chi connectivity index (χ1n) is 6.22. The fourth-order valence-corrected chi connectivity index (χ4v) is 1.88. The van der Waals surface area contributed by atoms with Gasteiger partial charge in [-0.2, -0.15) is 0 Å². The number of ether oxygens (including phenoxy) is 1. The van der Waals surface area contributed by atoms with Crippen LogP contribution in [0.5, 0.6) is 0 Å². The summed E-state index contributed by atoms with van der Waals surface area (Å²) in [6, 6.07) is 0.184. The molecule has 2 rings (SSSR count). The van der Waals surface area contributed by atoms with Crippen molar-refractivity contribution < 1.29 is 13.9 Å². The second-order valence-corrected chi connectivity index (χ2v) is 4.46. The predicted octanol–water partition coefficient (Wildman–Crippen LogP) is 2.53. The number of fused-ring (bicyclic) bond motifs is 1. The third-order valence-electron chi connectivity index (χ3n) is 2.57. The van der Waals surface area contributed by atoms with E-state index in [-0.39, 0.29) is 6.04 Å². The maximum absolute atomic E-state index is 12.0. The van der Waals surface area contributed by atoms with E-state index in [1.807, 2.05) is 13.8 Å². The van der Waals surface area contributed by atoms with Crippen LogP contribution in [-0.2, 0) is 4.74 Å². The zero-order valence-electron chi connectivity index (χ0n) is 11.5. The van der Waals surface area contributed by atoms with Crippen molar-refractivity contribution in [1.82, 2.24) is 9.97 Å². The first-order valence-corrected chi connectivity index (χ1v) is 6.22. The molecule has 2 aromatic heterocycles. The minimum atomic E-state index is -0.416. The number of carbonyl (C=O) groups is 1. The molecular weight excluding hydrogens is 246 g/mol. The van der Waals surface area contributed by atoms with Crippen LogP contribution >= 0.6 is 0 Å². The van der Waals surface area contributed by atoms with Gasteiger partial charge < -0.3 is 14.5 Å². The molecule has 102 valence electrons. The molecule has 0 saturated heterocycles. The van der Waals surface area contributed by atoms with Gasteiger partial charge in [0.25, 0.3) is 0 Å². The second kappa shape index (κ2) is 5.26. The van der Waals surface area contributed by atoms with E-state index in [4.69, 9.17) is 9.15 Å². The number of carbonyl (C=O) groups excluding carboxylic acids is 1. The maximum Gasteiger partial charge on any atom is 0.342 e. The van der Waals surface area contributed by atoms with Gasteiger partial charge >= 0.3 is 5.97 Å². The van der Waals surface area contributed by atoms with E-state index in [0.29, 0.717) is 34.8 Å². The lowest BCUT2D eigenvalue weighted by Gasteiger charge is -2.09. The summed E-state index contributed by atoms with van der Waals surface area (Å²) in [5.74, 6) is 0.654. The Balaban J connectivity index is 2.61. The first kappa shape index (κ1) is 13.3. The average molecular weight is 263 g/mol. The monoisotopic (exact) mass is 263 g/mol.